The number of methoxy groups -OCH3 is 1. The molecule has 0 spiro atoms. The molecule has 3 rings (SSSR count). The summed E-state index contributed by atoms with van der Waals surface area (Å²) in [6.07, 6.45) is 1.91. The average molecular weight is 416 g/mol. The van der Waals surface area contributed by atoms with Gasteiger partial charge in [0.2, 0.25) is 0 Å². The Morgan fingerprint density at radius 1 is 1.12 bits per heavy atom. The minimum Gasteiger partial charge on any atom is -1.00 e. The second kappa shape index (κ2) is 8.83. The number of halogens is 1. The summed E-state index contributed by atoms with van der Waals surface area (Å²) in [5.41, 5.74) is 3.29. The Hall–Kier alpha value is -2.11. The predicted molar refractivity (Wildman–Crippen MR) is 101 cm³/mol. The van der Waals surface area contributed by atoms with Crippen molar-refractivity contribution in [3.63, 3.8) is 0 Å². The summed E-state index contributed by atoms with van der Waals surface area (Å²) in [5.74, 6) is 0.857. The number of hydrogen-bond acceptors (Lipinski definition) is 3. The zero-order chi connectivity index (χ0) is 16.9. The molecular formula is C20H20BrN2OS-. The smallest absolute Gasteiger partial charge is 0.190 e. The summed E-state index contributed by atoms with van der Waals surface area (Å²) in [5, 5.41) is 0. The monoisotopic (exact) mass is 415 g/mol. The topological polar surface area (TPSA) is 26.5 Å². The van der Waals surface area contributed by atoms with Crippen molar-refractivity contribution < 1.29 is 21.7 Å². The van der Waals surface area contributed by atoms with E-state index in [0.717, 1.165) is 28.3 Å². The van der Waals surface area contributed by atoms with Crippen LogP contribution in [0.4, 0.5) is 5.69 Å². The van der Waals surface area contributed by atoms with E-state index in [0.29, 0.717) is 0 Å². The second-order valence-electron chi connectivity index (χ2n) is 5.36. The van der Waals surface area contributed by atoms with Crippen LogP contribution < -0.4 is 26.5 Å². The Balaban J connectivity index is 0.00000225. The molecule has 0 bridgehead atoms. The molecule has 130 valence electrons. The molecule has 3 nitrogen and oxygen atoms in total. The highest BCUT2D eigenvalue weighted by Gasteiger charge is 2.12. The Labute approximate surface area is 162 Å². The van der Waals surface area contributed by atoms with Crippen molar-refractivity contribution in [2.45, 2.75) is 13.5 Å². The van der Waals surface area contributed by atoms with Gasteiger partial charge in [0.1, 0.15) is 5.75 Å². The molecule has 0 aliphatic rings. The van der Waals surface area contributed by atoms with Gasteiger partial charge in [0, 0.05) is 11.4 Å². The molecule has 0 amide bonds. The number of para-hydroxylation sites is 1. The summed E-state index contributed by atoms with van der Waals surface area (Å²) in [6.45, 7) is 6.75. The second-order valence-corrected chi connectivity index (χ2v) is 6.55. The third-order valence-corrected chi connectivity index (χ3v) is 4.73. The maximum absolute atomic E-state index is 5.26. The van der Waals surface area contributed by atoms with Crippen LogP contribution in [0.25, 0.3) is 11.3 Å². The number of allylic oxidation sites excluding steroid dienone is 1. The van der Waals surface area contributed by atoms with Crippen LogP contribution in [0.1, 0.15) is 4.88 Å². The molecule has 0 saturated heterocycles. The van der Waals surface area contributed by atoms with E-state index in [2.05, 4.69) is 30.2 Å². The van der Waals surface area contributed by atoms with Gasteiger partial charge in [-0.3, -0.25) is 0 Å². The largest absolute Gasteiger partial charge is 1.00 e. The lowest BCUT2D eigenvalue weighted by atomic mass is 10.1. The molecule has 0 N–H and O–H groups in total. The summed E-state index contributed by atoms with van der Waals surface area (Å²) in [6, 6.07) is 18.2. The highest BCUT2D eigenvalue weighted by Crippen LogP contribution is 2.27. The predicted octanol–water partition coefficient (Wildman–Crippen LogP) is 1.96. The standard InChI is InChI=1S/C20H20N2OS.BrH/c1-4-14-22-19(16-10-12-18(23-3)13-11-16)15(2)24-20(22)21-17-8-6-5-7-9-17;/h4-13H,1,14H2,2-3H3;1H/p-1. The van der Waals surface area contributed by atoms with Crippen molar-refractivity contribution in [1.82, 2.24) is 4.57 Å². The molecule has 0 aliphatic heterocycles. The molecule has 1 heterocycles. The molecule has 0 saturated carbocycles. The summed E-state index contributed by atoms with van der Waals surface area (Å²) in [4.78, 5) is 7.02. The Morgan fingerprint density at radius 2 is 1.80 bits per heavy atom. The number of ether oxygens (including phenoxy) is 1. The lowest BCUT2D eigenvalue weighted by molar-refractivity contribution is -0.00000514. The fourth-order valence-electron chi connectivity index (χ4n) is 2.63. The van der Waals surface area contributed by atoms with Crippen LogP contribution in [-0.2, 0) is 6.54 Å². The molecule has 3 aromatic rings. The summed E-state index contributed by atoms with van der Waals surface area (Å²) >= 11 is 1.70. The first-order chi connectivity index (χ1) is 11.7. The highest BCUT2D eigenvalue weighted by atomic mass is 79.9. The van der Waals surface area contributed by atoms with Crippen molar-refractivity contribution in [1.29, 1.82) is 0 Å². The zero-order valence-corrected chi connectivity index (χ0v) is 16.7. The molecule has 0 radical (unpaired) electrons. The summed E-state index contributed by atoms with van der Waals surface area (Å²) < 4.78 is 7.47. The highest BCUT2D eigenvalue weighted by molar-refractivity contribution is 7.09. The molecule has 5 heteroatoms. The van der Waals surface area contributed by atoms with E-state index in [1.165, 1.54) is 10.6 Å². The molecule has 0 fully saturated rings. The first-order valence-electron chi connectivity index (χ1n) is 7.78. The molecule has 2 aromatic carbocycles. The number of aryl methyl sites for hydroxylation is 1. The minimum absolute atomic E-state index is 0. The minimum atomic E-state index is 0. The van der Waals surface area contributed by atoms with Gasteiger partial charge in [-0.05, 0) is 48.9 Å². The molecule has 25 heavy (non-hydrogen) atoms. The van der Waals surface area contributed by atoms with Crippen LogP contribution in [0.2, 0.25) is 0 Å². The fourth-order valence-corrected chi connectivity index (χ4v) is 3.65. The van der Waals surface area contributed by atoms with Crippen LogP contribution in [0.3, 0.4) is 0 Å². The van der Waals surface area contributed by atoms with E-state index in [4.69, 9.17) is 9.73 Å². The molecule has 0 unspecified atom stereocenters. The maximum Gasteiger partial charge on any atom is 0.190 e. The molecule has 0 aliphatic carbocycles. The van der Waals surface area contributed by atoms with Gasteiger partial charge in [0.25, 0.3) is 0 Å². The third kappa shape index (κ3) is 4.30. The lowest BCUT2D eigenvalue weighted by Crippen LogP contribution is -3.00. The van der Waals surface area contributed by atoms with Crippen molar-refractivity contribution >= 4 is 17.0 Å². The van der Waals surface area contributed by atoms with Crippen LogP contribution in [0.15, 0.2) is 72.2 Å². The van der Waals surface area contributed by atoms with E-state index in [-0.39, 0.29) is 17.0 Å². The van der Waals surface area contributed by atoms with Gasteiger partial charge in [-0.25, -0.2) is 4.99 Å². The van der Waals surface area contributed by atoms with E-state index < -0.39 is 0 Å². The quantitative estimate of drug-likeness (QED) is 0.585. The van der Waals surface area contributed by atoms with E-state index in [1.54, 1.807) is 18.4 Å². The van der Waals surface area contributed by atoms with Gasteiger partial charge in [0.05, 0.1) is 18.5 Å². The average Bonchev–Trinajstić information content (AvgIpc) is 2.91. The van der Waals surface area contributed by atoms with Crippen molar-refractivity contribution in [2.24, 2.45) is 4.99 Å². The van der Waals surface area contributed by atoms with Crippen LogP contribution in [0.5, 0.6) is 5.75 Å². The van der Waals surface area contributed by atoms with E-state index >= 15 is 0 Å². The Kier molecular flexibility index (Phi) is 6.79. The first-order valence-corrected chi connectivity index (χ1v) is 8.60. The van der Waals surface area contributed by atoms with Gasteiger partial charge in [-0.15, -0.1) is 17.9 Å². The number of rotatable bonds is 5. The molecule has 1 aromatic heterocycles. The van der Waals surface area contributed by atoms with Gasteiger partial charge < -0.3 is 26.3 Å². The zero-order valence-electron chi connectivity index (χ0n) is 14.3. The molecule has 0 atom stereocenters. The third-order valence-electron chi connectivity index (χ3n) is 3.73. The van der Waals surface area contributed by atoms with Crippen molar-refractivity contribution in [3.05, 3.63) is 76.9 Å². The number of aromatic nitrogens is 1. The number of hydrogen-bond donors (Lipinski definition) is 0. The normalized spacial score (nSPS) is 11.0. The number of nitrogens with zero attached hydrogens (tertiary/aromatic N) is 2. The van der Waals surface area contributed by atoms with E-state index in [1.807, 2.05) is 48.5 Å². The number of benzene rings is 2. The summed E-state index contributed by atoms with van der Waals surface area (Å²) in [7, 11) is 1.68. The maximum atomic E-state index is 5.26. The molecular weight excluding hydrogens is 396 g/mol. The van der Waals surface area contributed by atoms with Crippen LogP contribution in [0, 0.1) is 6.92 Å². The Bertz CT molecular complexity index is 896. The lowest BCUT2D eigenvalue weighted by Gasteiger charge is -2.09. The van der Waals surface area contributed by atoms with Gasteiger partial charge in [-0.1, -0.05) is 24.3 Å². The van der Waals surface area contributed by atoms with Crippen molar-refractivity contribution in [2.75, 3.05) is 7.11 Å². The van der Waals surface area contributed by atoms with Gasteiger partial charge in [-0.2, -0.15) is 0 Å². The van der Waals surface area contributed by atoms with Crippen LogP contribution in [-0.4, -0.2) is 11.7 Å². The Morgan fingerprint density at radius 3 is 2.40 bits per heavy atom. The number of thiazole rings is 1. The van der Waals surface area contributed by atoms with E-state index in [9.17, 15) is 0 Å². The van der Waals surface area contributed by atoms with Crippen molar-refractivity contribution in [3.8, 4) is 17.0 Å². The van der Waals surface area contributed by atoms with Gasteiger partial charge in [0.15, 0.2) is 4.80 Å². The first kappa shape index (κ1) is 19.2. The van der Waals surface area contributed by atoms with Crippen LogP contribution >= 0.6 is 11.3 Å². The fraction of sp³-hybridized carbons (Fsp3) is 0.150. The SMILES string of the molecule is C=CCn1c(-c2ccc(OC)cc2)c(C)sc1=Nc1ccccc1.[Br-]. The van der Waals surface area contributed by atoms with Gasteiger partial charge >= 0.3 is 0 Å².